The van der Waals surface area contributed by atoms with Crippen molar-refractivity contribution in [2.45, 2.75) is 64.4 Å². The first kappa shape index (κ1) is 29.9. The van der Waals surface area contributed by atoms with Crippen molar-refractivity contribution < 1.29 is 18.0 Å². The lowest BCUT2D eigenvalue weighted by atomic mass is 10.1. The minimum atomic E-state index is -4.07. The van der Waals surface area contributed by atoms with E-state index in [4.69, 9.17) is 0 Å². The second-order valence-electron chi connectivity index (χ2n) is 9.68. The molecule has 0 radical (unpaired) electrons. The third-order valence-corrected chi connectivity index (χ3v) is 8.54. The minimum absolute atomic E-state index is 0.0968. The van der Waals surface area contributed by atoms with Crippen molar-refractivity contribution in [2.24, 2.45) is 0 Å². The van der Waals surface area contributed by atoms with Gasteiger partial charge in [0.05, 0.1) is 10.6 Å². The van der Waals surface area contributed by atoms with E-state index in [0.29, 0.717) is 18.7 Å². The van der Waals surface area contributed by atoms with E-state index in [1.807, 2.05) is 52.0 Å². The second kappa shape index (κ2) is 13.9. The maximum Gasteiger partial charge on any atom is 0.264 e. The molecule has 3 rings (SSSR count). The van der Waals surface area contributed by atoms with Gasteiger partial charge in [0.15, 0.2) is 0 Å². The largest absolute Gasteiger partial charge is 0.354 e. The minimum Gasteiger partial charge on any atom is -0.354 e. The molecule has 1 atom stereocenters. The first-order valence-electron chi connectivity index (χ1n) is 13.4. The lowest BCUT2D eigenvalue weighted by Gasteiger charge is -2.33. The van der Waals surface area contributed by atoms with Crippen molar-refractivity contribution in [3.05, 3.63) is 95.6 Å². The van der Waals surface area contributed by atoms with E-state index in [-0.39, 0.29) is 17.3 Å². The van der Waals surface area contributed by atoms with E-state index in [0.717, 1.165) is 33.8 Å². The second-order valence-corrected chi connectivity index (χ2v) is 11.5. The normalized spacial score (nSPS) is 12.0. The Labute approximate surface area is 232 Å². The molecule has 0 heterocycles. The molecule has 39 heavy (non-hydrogen) atoms. The molecule has 3 aromatic rings. The Hall–Kier alpha value is -3.65. The molecule has 0 spiro atoms. The quantitative estimate of drug-likeness (QED) is 0.296. The number of carbonyl (C=O) groups excluding carboxylic acids is 2. The fourth-order valence-electron chi connectivity index (χ4n) is 4.36. The van der Waals surface area contributed by atoms with Crippen molar-refractivity contribution in [3.8, 4) is 0 Å². The van der Waals surface area contributed by atoms with Crippen molar-refractivity contribution in [2.75, 3.05) is 17.4 Å². The van der Waals surface area contributed by atoms with Crippen LogP contribution in [0.3, 0.4) is 0 Å². The average molecular weight is 550 g/mol. The molecule has 0 bridgehead atoms. The van der Waals surface area contributed by atoms with E-state index in [2.05, 4.69) is 5.32 Å². The highest BCUT2D eigenvalue weighted by atomic mass is 32.2. The molecule has 1 N–H and O–H groups in total. The number of sulfonamides is 1. The molecule has 0 aliphatic carbocycles. The number of carbonyl (C=O) groups is 2. The number of hydrogen-bond acceptors (Lipinski definition) is 4. The van der Waals surface area contributed by atoms with Crippen LogP contribution in [0, 0.1) is 13.8 Å². The molecule has 0 unspecified atom stereocenters. The number of amides is 2. The fraction of sp³-hybridized carbons (Fsp3) is 0.355. The maximum absolute atomic E-state index is 14.0. The number of aryl methyl sites for hydroxylation is 2. The number of para-hydroxylation sites is 1. The molecule has 0 fully saturated rings. The number of anilines is 1. The Kier molecular flexibility index (Phi) is 10.7. The smallest absolute Gasteiger partial charge is 0.264 e. The fourth-order valence-corrected chi connectivity index (χ4v) is 5.77. The standard InChI is InChI=1S/C31H39N3O4S/c1-5-7-21-32-31(36)29(6-2)33(22-26-14-12-11-13-25(26)4)30(35)23-34(27-15-9-8-10-16-27)39(37,38)28-19-17-24(3)18-20-28/h8-20,29H,5-7,21-23H2,1-4H3,(H,32,36)/t29-/m1/s1. The highest BCUT2D eigenvalue weighted by Gasteiger charge is 2.33. The van der Waals surface area contributed by atoms with Crippen LogP contribution in [0.25, 0.3) is 0 Å². The molecule has 0 saturated carbocycles. The molecule has 0 aromatic heterocycles. The van der Waals surface area contributed by atoms with Crippen molar-refractivity contribution >= 4 is 27.5 Å². The van der Waals surface area contributed by atoms with Gasteiger partial charge in [0, 0.05) is 13.1 Å². The van der Waals surface area contributed by atoms with E-state index in [9.17, 15) is 18.0 Å². The summed E-state index contributed by atoms with van der Waals surface area (Å²) in [6.45, 7) is 8.02. The van der Waals surface area contributed by atoms with Gasteiger partial charge in [-0.3, -0.25) is 13.9 Å². The summed E-state index contributed by atoms with van der Waals surface area (Å²) < 4.78 is 28.8. The summed E-state index contributed by atoms with van der Waals surface area (Å²) in [5.41, 5.74) is 3.20. The van der Waals surface area contributed by atoms with Gasteiger partial charge < -0.3 is 10.2 Å². The Balaban J connectivity index is 2.02. The van der Waals surface area contributed by atoms with Crippen LogP contribution < -0.4 is 9.62 Å². The van der Waals surface area contributed by atoms with E-state index in [1.165, 1.54) is 4.90 Å². The molecule has 3 aromatic carbocycles. The van der Waals surface area contributed by atoms with Crippen LogP contribution in [-0.2, 0) is 26.2 Å². The monoisotopic (exact) mass is 549 g/mol. The predicted octanol–water partition coefficient (Wildman–Crippen LogP) is 5.22. The Bertz CT molecular complexity index is 1340. The summed E-state index contributed by atoms with van der Waals surface area (Å²) in [7, 11) is -4.07. The summed E-state index contributed by atoms with van der Waals surface area (Å²) in [4.78, 5) is 28.9. The molecular formula is C31H39N3O4S. The van der Waals surface area contributed by atoms with Gasteiger partial charge in [-0.2, -0.15) is 0 Å². The molecular weight excluding hydrogens is 510 g/mol. The van der Waals surface area contributed by atoms with Crippen molar-refractivity contribution in [1.29, 1.82) is 0 Å². The van der Waals surface area contributed by atoms with Gasteiger partial charge in [-0.1, -0.05) is 80.4 Å². The molecule has 208 valence electrons. The molecule has 0 aliphatic heterocycles. The summed E-state index contributed by atoms with van der Waals surface area (Å²) >= 11 is 0. The van der Waals surface area contributed by atoms with E-state index in [1.54, 1.807) is 54.6 Å². The van der Waals surface area contributed by atoms with Crippen LogP contribution in [-0.4, -0.2) is 44.3 Å². The van der Waals surface area contributed by atoms with Crippen LogP contribution in [0.5, 0.6) is 0 Å². The Morgan fingerprint density at radius 1 is 0.872 bits per heavy atom. The highest BCUT2D eigenvalue weighted by molar-refractivity contribution is 7.92. The van der Waals surface area contributed by atoms with Crippen LogP contribution in [0.4, 0.5) is 5.69 Å². The van der Waals surface area contributed by atoms with E-state index >= 15 is 0 Å². The van der Waals surface area contributed by atoms with Gasteiger partial charge in [-0.25, -0.2) is 8.42 Å². The van der Waals surface area contributed by atoms with Crippen LogP contribution in [0.2, 0.25) is 0 Å². The Morgan fingerprint density at radius 2 is 1.51 bits per heavy atom. The first-order chi connectivity index (χ1) is 18.7. The van der Waals surface area contributed by atoms with Crippen molar-refractivity contribution in [3.63, 3.8) is 0 Å². The third kappa shape index (κ3) is 7.69. The number of nitrogens with one attached hydrogen (secondary N) is 1. The SMILES string of the molecule is CCCCNC(=O)[C@@H](CC)N(Cc1ccccc1C)C(=O)CN(c1ccccc1)S(=O)(=O)c1ccc(C)cc1. The number of unbranched alkanes of at least 4 members (excludes halogenated alkanes) is 1. The summed E-state index contributed by atoms with van der Waals surface area (Å²) in [5.74, 6) is -0.684. The summed E-state index contributed by atoms with van der Waals surface area (Å²) in [5, 5.41) is 2.95. The topological polar surface area (TPSA) is 86.8 Å². The highest BCUT2D eigenvalue weighted by Crippen LogP contribution is 2.25. The third-order valence-electron chi connectivity index (χ3n) is 6.75. The number of nitrogens with zero attached hydrogens (tertiary/aromatic N) is 2. The summed E-state index contributed by atoms with van der Waals surface area (Å²) in [6.07, 6.45) is 2.17. The summed E-state index contributed by atoms with van der Waals surface area (Å²) in [6, 6.07) is 22.1. The Morgan fingerprint density at radius 3 is 2.13 bits per heavy atom. The van der Waals surface area contributed by atoms with Crippen molar-refractivity contribution in [1.82, 2.24) is 10.2 Å². The zero-order valence-corrected chi connectivity index (χ0v) is 24.1. The van der Waals surface area contributed by atoms with E-state index < -0.39 is 28.5 Å². The number of hydrogen-bond donors (Lipinski definition) is 1. The number of rotatable bonds is 13. The molecule has 8 heteroatoms. The average Bonchev–Trinajstić information content (AvgIpc) is 2.93. The number of benzene rings is 3. The maximum atomic E-state index is 14.0. The van der Waals surface area contributed by atoms with Gasteiger partial charge in [0.1, 0.15) is 12.6 Å². The lowest BCUT2D eigenvalue weighted by molar-refractivity contribution is -0.140. The van der Waals surface area contributed by atoms with Gasteiger partial charge in [-0.05, 0) is 62.1 Å². The van der Waals surface area contributed by atoms with Gasteiger partial charge in [0.25, 0.3) is 10.0 Å². The lowest BCUT2D eigenvalue weighted by Crippen LogP contribution is -2.52. The van der Waals surface area contributed by atoms with Crippen LogP contribution in [0.15, 0.2) is 83.8 Å². The zero-order chi connectivity index (χ0) is 28.4. The van der Waals surface area contributed by atoms with Gasteiger partial charge in [-0.15, -0.1) is 0 Å². The zero-order valence-electron chi connectivity index (χ0n) is 23.3. The first-order valence-corrected chi connectivity index (χ1v) is 14.9. The molecule has 0 aliphatic rings. The predicted molar refractivity (Wildman–Crippen MR) is 156 cm³/mol. The molecule has 2 amide bonds. The van der Waals surface area contributed by atoms with Crippen LogP contribution in [0.1, 0.15) is 49.8 Å². The van der Waals surface area contributed by atoms with Gasteiger partial charge >= 0.3 is 0 Å². The van der Waals surface area contributed by atoms with Gasteiger partial charge in [0.2, 0.25) is 11.8 Å². The molecule has 7 nitrogen and oxygen atoms in total. The van der Waals surface area contributed by atoms with Crippen LogP contribution >= 0.6 is 0 Å². The molecule has 0 saturated heterocycles.